The number of hydrogen-bond acceptors (Lipinski definition) is 7. The van der Waals surface area contributed by atoms with E-state index in [9.17, 15) is 19.8 Å². The lowest BCUT2D eigenvalue weighted by atomic mass is 10.1. The maximum Gasteiger partial charge on any atom is 0.344 e. The SMILES string of the molecule is COc1ccc2c(c1OC)C(=O)OC2Nc1ccc(O)cc1C(=O)O. The Morgan fingerprint density at radius 3 is 2.60 bits per heavy atom. The van der Waals surface area contributed by atoms with Gasteiger partial charge in [0.2, 0.25) is 6.23 Å². The van der Waals surface area contributed by atoms with Crippen molar-refractivity contribution in [2.24, 2.45) is 0 Å². The van der Waals surface area contributed by atoms with Gasteiger partial charge in [-0.1, -0.05) is 0 Å². The highest BCUT2D eigenvalue weighted by atomic mass is 16.6. The molecule has 2 aromatic rings. The van der Waals surface area contributed by atoms with Gasteiger partial charge in [0.05, 0.1) is 25.5 Å². The van der Waals surface area contributed by atoms with E-state index in [1.165, 1.54) is 26.4 Å². The summed E-state index contributed by atoms with van der Waals surface area (Å²) < 4.78 is 15.7. The average molecular weight is 345 g/mol. The number of fused-ring (bicyclic) bond motifs is 1. The van der Waals surface area contributed by atoms with Crippen molar-refractivity contribution >= 4 is 17.6 Å². The first kappa shape index (κ1) is 16.4. The molecule has 2 aromatic carbocycles. The summed E-state index contributed by atoms with van der Waals surface area (Å²) in [5.74, 6) is -1.39. The fraction of sp³-hybridized carbons (Fsp3) is 0.176. The number of aromatic carboxylic acids is 1. The number of phenolic OH excluding ortho intramolecular Hbond substituents is 1. The second-order valence-corrected chi connectivity index (χ2v) is 5.23. The molecule has 1 aliphatic heterocycles. The quantitative estimate of drug-likeness (QED) is 0.559. The largest absolute Gasteiger partial charge is 0.508 e. The molecule has 8 heteroatoms. The molecule has 0 saturated carbocycles. The first-order chi connectivity index (χ1) is 12.0. The Labute approximate surface area is 142 Å². The molecule has 0 bridgehead atoms. The van der Waals surface area contributed by atoms with E-state index in [1.54, 1.807) is 12.1 Å². The van der Waals surface area contributed by atoms with Crippen LogP contribution < -0.4 is 14.8 Å². The molecule has 0 spiro atoms. The Balaban J connectivity index is 2.01. The molecule has 25 heavy (non-hydrogen) atoms. The number of esters is 1. The molecule has 1 unspecified atom stereocenters. The van der Waals surface area contributed by atoms with Gasteiger partial charge in [0.1, 0.15) is 11.3 Å². The van der Waals surface area contributed by atoms with Gasteiger partial charge in [-0.3, -0.25) is 0 Å². The minimum Gasteiger partial charge on any atom is -0.508 e. The highest BCUT2D eigenvalue weighted by molar-refractivity contribution is 5.99. The standard InChI is InChI=1S/C17H15NO7/c1-23-12-6-4-9-13(14(12)24-2)17(22)25-15(9)18-11-5-3-8(19)7-10(11)16(20)21/h3-7,15,18-19H,1-2H3,(H,20,21). The van der Waals surface area contributed by atoms with Gasteiger partial charge >= 0.3 is 11.9 Å². The maximum atomic E-state index is 12.2. The van der Waals surface area contributed by atoms with Crippen molar-refractivity contribution < 1.29 is 34.0 Å². The molecule has 1 atom stereocenters. The Hall–Kier alpha value is -3.42. The minimum absolute atomic E-state index is 0.148. The molecular formula is C17H15NO7. The molecule has 0 radical (unpaired) electrons. The Bertz CT molecular complexity index is 862. The van der Waals surface area contributed by atoms with E-state index in [0.717, 1.165) is 6.07 Å². The lowest BCUT2D eigenvalue weighted by Crippen LogP contribution is -2.13. The van der Waals surface area contributed by atoms with Crippen LogP contribution in [0.25, 0.3) is 0 Å². The fourth-order valence-corrected chi connectivity index (χ4v) is 2.68. The van der Waals surface area contributed by atoms with Crippen LogP contribution in [-0.4, -0.2) is 36.4 Å². The predicted molar refractivity (Wildman–Crippen MR) is 86.4 cm³/mol. The molecule has 0 aromatic heterocycles. The second-order valence-electron chi connectivity index (χ2n) is 5.23. The summed E-state index contributed by atoms with van der Waals surface area (Å²) in [6, 6.07) is 7.10. The summed E-state index contributed by atoms with van der Waals surface area (Å²) in [5.41, 5.74) is 0.762. The summed E-state index contributed by atoms with van der Waals surface area (Å²) in [5, 5.41) is 21.6. The molecular weight excluding hydrogens is 330 g/mol. The number of carboxylic acids is 1. The number of hydrogen-bond donors (Lipinski definition) is 3. The number of aromatic hydroxyl groups is 1. The number of rotatable bonds is 5. The number of phenols is 1. The van der Waals surface area contributed by atoms with E-state index in [-0.39, 0.29) is 28.3 Å². The van der Waals surface area contributed by atoms with Gasteiger partial charge in [-0.25, -0.2) is 9.59 Å². The third kappa shape index (κ3) is 2.78. The summed E-state index contributed by atoms with van der Waals surface area (Å²) >= 11 is 0. The van der Waals surface area contributed by atoms with E-state index in [1.807, 2.05) is 0 Å². The van der Waals surface area contributed by atoms with E-state index in [0.29, 0.717) is 11.3 Å². The van der Waals surface area contributed by atoms with E-state index >= 15 is 0 Å². The monoisotopic (exact) mass is 345 g/mol. The summed E-state index contributed by atoms with van der Waals surface area (Å²) in [7, 11) is 2.87. The number of cyclic esters (lactones) is 1. The van der Waals surface area contributed by atoms with Gasteiger partial charge in [0, 0.05) is 5.56 Å². The average Bonchev–Trinajstić information content (AvgIpc) is 2.91. The number of ether oxygens (including phenoxy) is 3. The number of benzene rings is 2. The molecule has 1 aliphatic rings. The normalized spacial score (nSPS) is 15.3. The molecule has 0 fully saturated rings. The van der Waals surface area contributed by atoms with Crippen LogP contribution in [0, 0.1) is 0 Å². The molecule has 0 aliphatic carbocycles. The lowest BCUT2D eigenvalue weighted by Gasteiger charge is -2.16. The van der Waals surface area contributed by atoms with Gasteiger partial charge in [0.15, 0.2) is 11.5 Å². The zero-order valence-electron chi connectivity index (χ0n) is 13.4. The van der Waals surface area contributed by atoms with Crippen molar-refractivity contribution in [2.45, 2.75) is 6.23 Å². The van der Waals surface area contributed by atoms with Gasteiger partial charge in [-0.2, -0.15) is 0 Å². The summed E-state index contributed by atoms with van der Waals surface area (Å²) in [6.07, 6.45) is -0.898. The molecule has 3 N–H and O–H groups in total. The van der Waals surface area contributed by atoms with Crippen LogP contribution in [0.3, 0.4) is 0 Å². The number of carboxylic acid groups (broad SMARTS) is 1. The highest BCUT2D eigenvalue weighted by Crippen LogP contribution is 2.42. The Kier molecular flexibility index (Phi) is 4.10. The summed E-state index contributed by atoms with van der Waals surface area (Å²) in [6.45, 7) is 0. The molecule has 0 saturated heterocycles. The molecule has 0 amide bonds. The number of carbonyl (C=O) groups is 2. The van der Waals surface area contributed by atoms with E-state index in [2.05, 4.69) is 5.32 Å². The van der Waals surface area contributed by atoms with Crippen LogP contribution in [0.2, 0.25) is 0 Å². The van der Waals surface area contributed by atoms with Crippen molar-refractivity contribution in [1.82, 2.24) is 0 Å². The summed E-state index contributed by atoms with van der Waals surface area (Å²) in [4.78, 5) is 23.6. The first-order valence-electron chi connectivity index (χ1n) is 7.25. The fourth-order valence-electron chi connectivity index (χ4n) is 2.68. The van der Waals surface area contributed by atoms with Crippen molar-refractivity contribution in [3.8, 4) is 17.2 Å². The maximum absolute atomic E-state index is 12.2. The molecule has 1 heterocycles. The lowest BCUT2D eigenvalue weighted by molar-refractivity contribution is 0.0435. The molecule has 130 valence electrons. The number of carbonyl (C=O) groups excluding carboxylic acids is 1. The zero-order valence-corrected chi connectivity index (χ0v) is 13.4. The van der Waals surface area contributed by atoms with Gasteiger partial charge in [-0.15, -0.1) is 0 Å². The van der Waals surface area contributed by atoms with Crippen molar-refractivity contribution in [2.75, 3.05) is 19.5 Å². The van der Waals surface area contributed by atoms with Gasteiger partial charge < -0.3 is 29.7 Å². The minimum atomic E-state index is -1.23. The van der Waals surface area contributed by atoms with Crippen LogP contribution in [0.15, 0.2) is 30.3 Å². The van der Waals surface area contributed by atoms with E-state index in [4.69, 9.17) is 14.2 Å². The van der Waals surface area contributed by atoms with Gasteiger partial charge in [0.25, 0.3) is 0 Å². The Morgan fingerprint density at radius 1 is 1.20 bits per heavy atom. The highest BCUT2D eigenvalue weighted by Gasteiger charge is 2.36. The number of anilines is 1. The second kappa shape index (κ2) is 6.23. The topological polar surface area (TPSA) is 114 Å². The number of methoxy groups -OCH3 is 2. The predicted octanol–water partition coefficient (Wildman–Crippen LogP) is 2.39. The molecule has 3 rings (SSSR count). The zero-order chi connectivity index (χ0) is 18.1. The van der Waals surface area contributed by atoms with Crippen LogP contribution in [0.1, 0.15) is 32.5 Å². The third-order valence-electron chi connectivity index (χ3n) is 3.81. The van der Waals surface area contributed by atoms with Crippen LogP contribution in [0.5, 0.6) is 17.2 Å². The van der Waals surface area contributed by atoms with Crippen molar-refractivity contribution in [3.05, 3.63) is 47.0 Å². The van der Waals surface area contributed by atoms with Crippen molar-refractivity contribution in [1.29, 1.82) is 0 Å². The van der Waals surface area contributed by atoms with Crippen LogP contribution >= 0.6 is 0 Å². The van der Waals surface area contributed by atoms with Crippen molar-refractivity contribution in [3.63, 3.8) is 0 Å². The number of nitrogens with one attached hydrogen (secondary N) is 1. The van der Waals surface area contributed by atoms with Crippen LogP contribution in [-0.2, 0) is 4.74 Å². The van der Waals surface area contributed by atoms with E-state index < -0.39 is 18.2 Å². The first-order valence-corrected chi connectivity index (χ1v) is 7.25. The smallest absolute Gasteiger partial charge is 0.344 e. The molecule has 8 nitrogen and oxygen atoms in total. The third-order valence-corrected chi connectivity index (χ3v) is 3.81. The van der Waals surface area contributed by atoms with Crippen LogP contribution in [0.4, 0.5) is 5.69 Å². The van der Waals surface area contributed by atoms with Gasteiger partial charge in [-0.05, 0) is 30.3 Å². The Morgan fingerprint density at radius 2 is 1.96 bits per heavy atom.